The fraction of sp³-hybridized carbons (Fsp3) is 0.250. The summed E-state index contributed by atoms with van der Waals surface area (Å²) in [6.07, 6.45) is -3.06. The van der Waals surface area contributed by atoms with Crippen molar-refractivity contribution in [3.05, 3.63) is 58.8 Å². The molecule has 0 radical (unpaired) electrons. The number of benzene rings is 1. The molecule has 0 aliphatic rings. The normalized spacial score (nSPS) is 12.2. The number of nitrogens with two attached hydrogens (primary N) is 1. The van der Waals surface area contributed by atoms with Gasteiger partial charge in [0.1, 0.15) is 5.82 Å². The monoisotopic (exact) mass is 392 g/mol. The molecule has 146 valence electrons. The second kappa shape index (κ2) is 7.58. The first-order chi connectivity index (χ1) is 13.3. The number of alkyl halides is 3. The summed E-state index contributed by atoms with van der Waals surface area (Å²) in [7, 11) is 1.53. The van der Waals surface area contributed by atoms with Gasteiger partial charge >= 0.3 is 6.18 Å². The molecular weight excluding hydrogens is 377 g/mol. The number of oxime groups is 1. The smallest absolute Gasteiger partial charge is 0.387 e. The van der Waals surface area contributed by atoms with Crippen LogP contribution in [0.1, 0.15) is 28.3 Å². The summed E-state index contributed by atoms with van der Waals surface area (Å²) >= 11 is 0. The van der Waals surface area contributed by atoms with Crippen molar-refractivity contribution in [3.8, 4) is 0 Å². The molecule has 0 saturated carbocycles. The van der Waals surface area contributed by atoms with E-state index in [1.54, 1.807) is 0 Å². The Bertz CT molecular complexity index is 1020. The minimum Gasteiger partial charge on any atom is -0.387 e. The van der Waals surface area contributed by atoms with Gasteiger partial charge in [-0.3, -0.25) is 0 Å². The lowest BCUT2D eigenvalue weighted by molar-refractivity contribution is -0.138. The van der Waals surface area contributed by atoms with Crippen molar-refractivity contribution in [1.82, 2.24) is 30.2 Å². The van der Waals surface area contributed by atoms with E-state index >= 15 is 0 Å². The maximum Gasteiger partial charge on any atom is 0.416 e. The molecular formula is C16H15F3N8O. The maximum absolute atomic E-state index is 13.3. The molecule has 3 aromatic rings. The molecule has 9 nitrogen and oxygen atoms in total. The molecule has 0 bridgehead atoms. The number of nitrogens with zero attached hydrogens (tertiary/aromatic N) is 7. The number of hydrogen-bond acceptors (Lipinski definition) is 8. The molecule has 3 rings (SSSR count). The SMILES string of the molecule is Cc1ccc(/C(=N/OCc2nccc(N)n2)c2nnnn2C)cc1C(F)(F)F. The van der Waals surface area contributed by atoms with Crippen LogP contribution in [0.4, 0.5) is 19.0 Å². The molecule has 0 atom stereocenters. The molecule has 2 heterocycles. The third kappa shape index (κ3) is 4.22. The van der Waals surface area contributed by atoms with E-state index in [9.17, 15) is 13.2 Å². The summed E-state index contributed by atoms with van der Waals surface area (Å²) in [6, 6.07) is 5.31. The Kier molecular flexibility index (Phi) is 5.20. The largest absolute Gasteiger partial charge is 0.416 e. The van der Waals surface area contributed by atoms with Crippen molar-refractivity contribution in [3.63, 3.8) is 0 Å². The molecule has 2 N–H and O–H groups in total. The van der Waals surface area contributed by atoms with Gasteiger partial charge in [-0.2, -0.15) is 13.2 Å². The van der Waals surface area contributed by atoms with E-state index in [1.807, 2.05) is 0 Å². The van der Waals surface area contributed by atoms with Crippen molar-refractivity contribution in [2.75, 3.05) is 5.73 Å². The van der Waals surface area contributed by atoms with Crippen LogP contribution in [-0.4, -0.2) is 35.9 Å². The zero-order valence-corrected chi connectivity index (χ0v) is 14.8. The van der Waals surface area contributed by atoms with Crippen molar-refractivity contribution >= 4 is 11.5 Å². The lowest BCUT2D eigenvalue weighted by Gasteiger charge is -2.12. The fourth-order valence-electron chi connectivity index (χ4n) is 2.37. The van der Waals surface area contributed by atoms with Gasteiger partial charge in [-0.25, -0.2) is 14.6 Å². The first-order valence-corrected chi connectivity index (χ1v) is 7.94. The number of anilines is 1. The molecule has 12 heteroatoms. The Morgan fingerprint density at radius 3 is 2.71 bits per heavy atom. The second-order valence-electron chi connectivity index (χ2n) is 5.76. The number of hydrogen-bond donors (Lipinski definition) is 1. The number of tetrazole rings is 1. The third-order valence-corrected chi connectivity index (χ3v) is 3.72. The van der Waals surface area contributed by atoms with E-state index in [2.05, 4.69) is 30.6 Å². The minimum absolute atomic E-state index is 0.0295. The van der Waals surface area contributed by atoms with Crippen LogP contribution in [-0.2, 0) is 24.7 Å². The van der Waals surface area contributed by atoms with Gasteiger partial charge in [-0.05, 0) is 35.0 Å². The molecule has 0 fully saturated rings. The van der Waals surface area contributed by atoms with Crippen LogP contribution in [0.5, 0.6) is 0 Å². The van der Waals surface area contributed by atoms with Gasteiger partial charge in [0.25, 0.3) is 0 Å². The van der Waals surface area contributed by atoms with Crippen LogP contribution in [0.2, 0.25) is 0 Å². The number of aromatic nitrogens is 6. The predicted octanol–water partition coefficient (Wildman–Crippen LogP) is 1.88. The molecule has 0 unspecified atom stereocenters. The van der Waals surface area contributed by atoms with Crippen LogP contribution < -0.4 is 5.73 Å². The summed E-state index contributed by atoms with van der Waals surface area (Å²) < 4.78 is 41.1. The highest BCUT2D eigenvalue weighted by Crippen LogP contribution is 2.32. The van der Waals surface area contributed by atoms with Gasteiger partial charge in [0.2, 0.25) is 5.82 Å². The van der Waals surface area contributed by atoms with Gasteiger partial charge in [0.05, 0.1) is 5.56 Å². The Morgan fingerprint density at radius 2 is 2.07 bits per heavy atom. The van der Waals surface area contributed by atoms with Crippen LogP contribution in [0.15, 0.2) is 35.6 Å². The Morgan fingerprint density at radius 1 is 1.29 bits per heavy atom. The van der Waals surface area contributed by atoms with Gasteiger partial charge in [0.15, 0.2) is 18.1 Å². The van der Waals surface area contributed by atoms with E-state index < -0.39 is 11.7 Å². The number of aryl methyl sites for hydroxylation is 2. The summed E-state index contributed by atoms with van der Waals surface area (Å²) in [5.41, 5.74) is 5.04. The van der Waals surface area contributed by atoms with Crippen LogP contribution in [0.3, 0.4) is 0 Å². The highest BCUT2D eigenvalue weighted by molar-refractivity contribution is 6.10. The molecule has 0 saturated heterocycles. The van der Waals surface area contributed by atoms with Gasteiger partial charge in [0, 0.05) is 18.8 Å². The third-order valence-electron chi connectivity index (χ3n) is 3.72. The van der Waals surface area contributed by atoms with Crippen LogP contribution in [0.25, 0.3) is 0 Å². The van der Waals surface area contributed by atoms with E-state index in [-0.39, 0.29) is 40.9 Å². The van der Waals surface area contributed by atoms with E-state index in [1.165, 1.54) is 43.0 Å². The zero-order valence-electron chi connectivity index (χ0n) is 14.8. The van der Waals surface area contributed by atoms with Crippen molar-refractivity contribution in [2.45, 2.75) is 19.7 Å². The lowest BCUT2D eigenvalue weighted by atomic mass is 10.0. The summed E-state index contributed by atoms with van der Waals surface area (Å²) in [6.45, 7) is 1.23. The molecule has 28 heavy (non-hydrogen) atoms. The first kappa shape index (κ1) is 19.2. The average molecular weight is 392 g/mol. The maximum atomic E-state index is 13.3. The lowest BCUT2D eigenvalue weighted by Crippen LogP contribution is -2.15. The highest BCUT2D eigenvalue weighted by atomic mass is 19.4. The zero-order chi connectivity index (χ0) is 20.3. The fourth-order valence-corrected chi connectivity index (χ4v) is 2.37. The van der Waals surface area contributed by atoms with Gasteiger partial charge < -0.3 is 10.6 Å². The first-order valence-electron chi connectivity index (χ1n) is 7.94. The molecule has 0 aliphatic heterocycles. The highest BCUT2D eigenvalue weighted by Gasteiger charge is 2.33. The van der Waals surface area contributed by atoms with E-state index in [0.29, 0.717) is 0 Å². The Hall–Kier alpha value is -3.57. The van der Waals surface area contributed by atoms with Gasteiger partial charge in [-0.1, -0.05) is 17.3 Å². The van der Waals surface area contributed by atoms with Crippen molar-refractivity contribution < 1.29 is 18.0 Å². The van der Waals surface area contributed by atoms with Gasteiger partial charge in [-0.15, -0.1) is 5.10 Å². The van der Waals surface area contributed by atoms with E-state index in [4.69, 9.17) is 10.6 Å². The molecule has 0 spiro atoms. The summed E-state index contributed by atoms with van der Waals surface area (Å²) in [4.78, 5) is 13.2. The molecule has 0 amide bonds. The molecule has 0 aliphatic carbocycles. The van der Waals surface area contributed by atoms with Crippen LogP contribution >= 0.6 is 0 Å². The number of rotatable bonds is 5. The second-order valence-corrected chi connectivity index (χ2v) is 5.76. The van der Waals surface area contributed by atoms with Crippen molar-refractivity contribution in [1.29, 1.82) is 0 Å². The number of halogens is 3. The van der Waals surface area contributed by atoms with E-state index in [0.717, 1.165) is 6.07 Å². The minimum atomic E-state index is -4.51. The standard InChI is InChI=1S/C16H15F3N8O/c1-9-3-4-10(7-11(9)16(17,18)19)14(15-23-25-26-27(15)2)24-28-8-13-21-6-5-12(20)22-13/h3-7H,8H2,1-2H3,(H2,20,21,22)/b24-14-. The van der Waals surface area contributed by atoms with Crippen molar-refractivity contribution in [2.24, 2.45) is 12.2 Å². The quantitative estimate of drug-likeness (QED) is 0.520. The van der Waals surface area contributed by atoms with Crippen LogP contribution in [0, 0.1) is 6.92 Å². The Balaban J connectivity index is 1.98. The summed E-state index contributed by atoms with van der Waals surface area (Å²) in [5.74, 6) is 0.646. The average Bonchev–Trinajstić information content (AvgIpc) is 3.04. The summed E-state index contributed by atoms with van der Waals surface area (Å²) in [5, 5.41) is 14.9. The molecule has 1 aromatic carbocycles. The topological polar surface area (TPSA) is 117 Å². The number of nitrogen functional groups attached to an aromatic ring is 1. The molecule has 2 aromatic heterocycles. The predicted molar refractivity (Wildman–Crippen MR) is 91.9 cm³/mol. The Labute approximate surface area is 157 Å².